The standard InChI is InChI=1S/C28H22O6S2.2CH4.2Na/c29-33-34-35-27-7-3-1-5-25(27)19-13-21-9-15-23(16-10-21)24-17-11-22(12-18-24)14-20-26-6-2-4-8-28(26)36(30,31)32;;;;/h1-20,29H,(H,30,31,32);2*1H4;;/q;;;2*+1/p-2/b19-13+,20-14+;;;;. The molecule has 0 fully saturated rings. The minimum atomic E-state index is -4.54. The summed E-state index contributed by atoms with van der Waals surface area (Å²) in [6.07, 6.45) is 7.29. The predicted molar refractivity (Wildman–Crippen MR) is 152 cm³/mol. The van der Waals surface area contributed by atoms with Gasteiger partial charge in [-0.2, -0.15) is 4.33 Å². The zero-order valence-corrected chi connectivity index (χ0v) is 26.4. The average Bonchev–Trinajstić information content (AvgIpc) is 2.90. The van der Waals surface area contributed by atoms with Gasteiger partial charge in [0, 0.05) is 4.90 Å². The second-order valence-corrected chi connectivity index (χ2v) is 9.75. The van der Waals surface area contributed by atoms with Crippen LogP contribution < -0.4 is 64.4 Å². The summed E-state index contributed by atoms with van der Waals surface area (Å²) < 4.78 is 38.8. The van der Waals surface area contributed by atoms with Gasteiger partial charge in [0.15, 0.2) is 0 Å². The summed E-state index contributed by atoms with van der Waals surface area (Å²) in [4.78, 5) is 0.521. The van der Waals surface area contributed by atoms with Crippen molar-refractivity contribution in [3.8, 4) is 11.1 Å². The molecule has 0 aliphatic rings. The summed E-state index contributed by atoms with van der Waals surface area (Å²) in [6, 6.07) is 29.5. The van der Waals surface area contributed by atoms with E-state index in [-0.39, 0.29) is 78.9 Å². The second kappa shape index (κ2) is 18.8. The van der Waals surface area contributed by atoms with Crippen LogP contribution in [0.3, 0.4) is 0 Å². The summed E-state index contributed by atoms with van der Waals surface area (Å²) in [7, 11) is -4.54. The van der Waals surface area contributed by atoms with Crippen molar-refractivity contribution in [2.45, 2.75) is 24.6 Å². The molecule has 0 atom stereocenters. The summed E-state index contributed by atoms with van der Waals surface area (Å²) in [5.41, 5.74) is 5.20. The molecule has 10 heteroatoms. The van der Waals surface area contributed by atoms with Gasteiger partial charge in [0.2, 0.25) is 0 Å². The fourth-order valence-electron chi connectivity index (χ4n) is 3.54. The van der Waals surface area contributed by atoms with Gasteiger partial charge in [0.25, 0.3) is 0 Å². The van der Waals surface area contributed by atoms with E-state index in [1.165, 1.54) is 12.1 Å². The van der Waals surface area contributed by atoms with Crippen LogP contribution in [0.2, 0.25) is 0 Å². The maximum absolute atomic E-state index is 11.4. The van der Waals surface area contributed by atoms with E-state index in [2.05, 4.69) is 9.37 Å². The van der Waals surface area contributed by atoms with Crippen molar-refractivity contribution < 1.29 is 86.7 Å². The third-order valence-corrected chi connectivity index (χ3v) is 6.91. The largest absolute Gasteiger partial charge is 1.00 e. The van der Waals surface area contributed by atoms with Gasteiger partial charge in [-0.1, -0.05) is 124 Å². The number of hydrogen-bond acceptors (Lipinski definition) is 7. The van der Waals surface area contributed by atoms with E-state index >= 15 is 0 Å². The molecule has 198 valence electrons. The molecule has 0 amide bonds. The zero-order valence-electron chi connectivity index (χ0n) is 20.8. The first-order valence-electron chi connectivity index (χ1n) is 10.8. The molecule has 0 N–H and O–H groups in total. The molecule has 0 aliphatic carbocycles. The quantitative estimate of drug-likeness (QED) is 0.0715. The Bertz CT molecular complexity index is 1490. The second-order valence-electron chi connectivity index (χ2n) is 7.66. The molecule has 4 aromatic rings. The van der Waals surface area contributed by atoms with Crippen molar-refractivity contribution in [3.63, 3.8) is 0 Å². The first-order valence-corrected chi connectivity index (χ1v) is 12.9. The van der Waals surface area contributed by atoms with Crippen LogP contribution in [-0.2, 0) is 19.5 Å². The Kier molecular flexibility index (Phi) is 18.1. The molecule has 0 unspecified atom stereocenters. The molecule has 0 saturated carbocycles. The minimum absolute atomic E-state index is 0. The minimum Gasteiger partial charge on any atom is -0.744 e. The van der Waals surface area contributed by atoms with Crippen molar-refractivity contribution in [2.75, 3.05) is 0 Å². The van der Waals surface area contributed by atoms with Gasteiger partial charge in [0.1, 0.15) is 10.1 Å². The maximum atomic E-state index is 11.4. The molecule has 6 nitrogen and oxygen atoms in total. The number of hydrogen-bond donors (Lipinski definition) is 0. The Balaban J connectivity index is 0.00000380. The summed E-state index contributed by atoms with van der Waals surface area (Å²) in [5, 5.41) is 13.5. The van der Waals surface area contributed by atoms with Gasteiger partial charge in [0.05, 0.1) is 16.9 Å². The molecule has 0 spiro atoms. The number of benzene rings is 4. The summed E-state index contributed by atoms with van der Waals surface area (Å²) in [6.45, 7) is 0. The first kappa shape index (κ1) is 38.5. The van der Waals surface area contributed by atoms with E-state index in [0.29, 0.717) is 5.56 Å². The zero-order chi connectivity index (χ0) is 25.4. The molecule has 0 bridgehead atoms. The van der Waals surface area contributed by atoms with Crippen LogP contribution in [0.4, 0.5) is 0 Å². The number of rotatable bonds is 9. The Hall–Kier alpha value is -1.50. The van der Waals surface area contributed by atoms with Gasteiger partial charge >= 0.3 is 59.1 Å². The first-order chi connectivity index (χ1) is 17.4. The SMILES string of the molecule is C.C.O=S(=O)([O-])c1ccccc1/C=C/c1ccc(-c2ccc(/C=C/c3ccccc3SOO[O-])cc2)cc1.[Na+].[Na+]. The van der Waals surface area contributed by atoms with Crippen molar-refractivity contribution in [2.24, 2.45) is 0 Å². The molecule has 0 aliphatic heterocycles. The molecule has 4 aromatic carbocycles. The van der Waals surface area contributed by atoms with E-state index in [9.17, 15) is 18.2 Å². The Morgan fingerprint density at radius 2 is 1.07 bits per heavy atom. The van der Waals surface area contributed by atoms with Crippen LogP contribution in [0.5, 0.6) is 0 Å². The molecule has 40 heavy (non-hydrogen) atoms. The normalized spacial score (nSPS) is 10.8. The van der Waals surface area contributed by atoms with Crippen LogP contribution in [0.1, 0.15) is 37.1 Å². The van der Waals surface area contributed by atoms with E-state index < -0.39 is 10.1 Å². The van der Waals surface area contributed by atoms with Gasteiger partial charge in [-0.05, 0) is 45.5 Å². The van der Waals surface area contributed by atoms with Crippen LogP contribution >= 0.6 is 12.0 Å². The molecule has 0 heterocycles. The predicted octanol–water partition coefficient (Wildman–Crippen LogP) is 1.11. The van der Waals surface area contributed by atoms with E-state index in [1.54, 1.807) is 24.3 Å². The molecule has 0 aromatic heterocycles. The van der Waals surface area contributed by atoms with Gasteiger partial charge in [-0.3, -0.25) is 5.04 Å². The van der Waals surface area contributed by atoms with Crippen LogP contribution in [0.25, 0.3) is 35.4 Å². The van der Waals surface area contributed by atoms with E-state index in [1.807, 2.05) is 84.9 Å². The van der Waals surface area contributed by atoms with Crippen LogP contribution in [-0.4, -0.2) is 13.0 Å². The van der Waals surface area contributed by atoms with Crippen molar-refractivity contribution >= 4 is 46.5 Å². The Labute approximate surface area is 285 Å². The van der Waals surface area contributed by atoms with E-state index in [4.69, 9.17) is 0 Å². The topological polar surface area (TPSA) is 98.7 Å². The smallest absolute Gasteiger partial charge is 0.744 e. The van der Waals surface area contributed by atoms with Gasteiger partial charge in [-0.15, -0.1) is 0 Å². The Morgan fingerprint density at radius 3 is 1.57 bits per heavy atom. The molecular formula is C30H28Na2O6S2. The van der Waals surface area contributed by atoms with Crippen molar-refractivity contribution in [3.05, 3.63) is 119 Å². The summed E-state index contributed by atoms with van der Waals surface area (Å²) in [5.74, 6) is 0. The van der Waals surface area contributed by atoms with Crippen LogP contribution in [0.15, 0.2) is 107 Å². The molecular weight excluding hydrogens is 566 g/mol. The average molecular weight is 595 g/mol. The third-order valence-electron chi connectivity index (χ3n) is 5.32. The Morgan fingerprint density at radius 1 is 0.625 bits per heavy atom. The molecule has 0 saturated heterocycles. The van der Waals surface area contributed by atoms with E-state index in [0.717, 1.165) is 44.8 Å². The summed E-state index contributed by atoms with van der Waals surface area (Å²) >= 11 is 0.855. The fraction of sp³-hybridized carbons (Fsp3) is 0.0667. The van der Waals surface area contributed by atoms with Crippen molar-refractivity contribution in [1.82, 2.24) is 0 Å². The maximum Gasteiger partial charge on any atom is 1.00 e. The molecule has 0 radical (unpaired) electrons. The van der Waals surface area contributed by atoms with Gasteiger partial charge in [-0.25, -0.2) is 8.42 Å². The third kappa shape index (κ3) is 11.1. The molecule has 4 rings (SSSR count). The van der Waals surface area contributed by atoms with Gasteiger partial charge < -0.3 is 9.81 Å². The van der Waals surface area contributed by atoms with Crippen LogP contribution in [0, 0.1) is 0 Å². The monoisotopic (exact) mass is 594 g/mol. The fourth-order valence-corrected chi connectivity index (χ4v) is 4.67. The van der Waals surface area contributed by atoms with Crippen molar-refractivity contribution in [1.29, 1.82) is 0 Å².